The number of ether oxygens (including phenoxy) is 3. The van der Waals surface area contributed by atoms with Crippen LogP contribution in [-0.2, 0) is 19.0 Å². The second kappa shape index (κ2) is 6.28. The summed E-state index contributed by atoms with van der Waals surface area (Å²) in [5, 5.41) is 0. The van der Waals surface area contributed by atoms with Crippen LogP contribution in [0.15, 0.2) is 0 Å². The van der Waals surface area contributed by atoms with Crippen molar-refractivity contribution >= 4 is 5.78 Å². The molecule has 0 N–H and O–H groups in total. The molecule has 2 unspecified atom stereocenters. The molecule has 4 nitrogen and oxygen atoms in total. The summed E-state index contributed by atoms with van der Waals surface area (Å²) in [5.74, 6) is 1.78. The third kappa shape index (κ3) is 2.28. The van der Waals surface area contributed by atoms with Crippen molar-refractivity contribution in [2.24, 2.45) is 34.0 Å². The smallest absolute Gasteiger partial charge is 0.146 e. The maximum atomic E-state index is 13.7. The molecule has 0 aliphatic heterocycles. The van der Waals surface area contributed by atoms with E-state index >= 15 is 0 Å². The van der Waals surface area contributed by atoms with Crippen LogP contribution in [0.4, 0.5) is 0 Å². The summed E-state index contributed by atoms with van der Waals surface area (Å²) in [6, 6.07) is 0. The minimum atomic E-state index is -0.293. The van der Waals surface area contributed by atoms with Crippen LogP contribution in [-0.4, -0.2) is 39.0 Å². The highest BCUT2D eigenvalue weighted by Crippen LogP contribution is 2.78. The molecule has 4 fully saturated rings. The van der Waals surface area contributed by atoms with E-state index in [1.807, 2.05) is 7.11 Å². The van der Waals surface area contributed by atoms with Gasteiger partial charge in [0.15, 0.2) is 0 Å². The monoisotopic (exact) mass is 364 g/mol. The molecule has 148 valence electrons. The SMILES string of the molecule is CC[C@]1(C)C[C@@H](OCOC)[C@]23C[C@@H]2CCC2(CC[C@@H](OC)C23)[C@@H](C)C1=O. The van der Waals surface area contributed by atoms with Crippen LogP contribution in [0.2, 0.25) is 0 Å². The highest BCUT2D eigenvalue weighted by Gasteiger charge is 2.76. The zero-order valence-electron chi connectivity index (χ0n) is 17.2. The highest BCUT2D eigenvalue weighted by atomic mass is 16.7. The van der Waals surface area contributed by atoms with Crippen LogP contribution >= 0.6 is 0 Å². The molecule has 0 aromatic carbocycles. The molecule has 4 saturated carbocycles. The van der Waals surface area contributed by atoms with Crippen molar-refractivity contribution in [2.45, 2.75) is 77.9 Å². The van der Waals surface area contributed by atoms with Gasteiger partial charge in [0, 0.05) is 31.0 Å². The summed E-state index contributed by atoms with van der Waals surface area (Å²) < 4.78 is 17.7. The molecule has 0 radical (unpaired) electrons. The quantitative estimate of drug-likeness (QED) is 0.686. The van der Waals surface area contributed by atoms with Gasteiger partial charge < -0.3 is 14.2 Å². The van der Waals surface area contributed by atoms with Gasteiger partial charge in [-0.25, -0.2) is 0 Å². The first-order valence-corrected chi connectivity index (χ1v) is 10.6. The van der Waals surface area contributed by atoms with E-state index in [0.29, 0.717) is 18.5 Å². The van der Waals surface area contributed by atoms with Gasteiger partial charge in [0.25, 0.3) is 0 Å². The van der Waals surface area contributed by atoms with E-state index in [2.05, 4.69) is 20.8 Å². The van der Waals surface area contributed by atoms with Gasteiger partial charge in [-0.2, -0.15) is 0 Å². The molecule has 0 aromatic rings. The fourth-order valence-electron chi connectivity index (χ4n) is 7.54. The molecule has 4 aliphatic carbocycles. The normalized spacial score (nSPS) is 52.8. The molecule has 2 bridgehead atoms. The Morgan fingerprint density at radius 3 is 2.54 bits per heavy atom. The van der Waals surface area contributed by atoms with Crippen molar-refractivity contribution in [3.8, 4) is 0 Å². The number of rotatable bonds is 5. The van der Waals surface area contributed by atoms with Gasteiger partial charge in [0.05, 0.1) is 12.2 Å². The minimum Gasteiger partial charge on any atom is -0.381 e. The number of carbonyl (C=O) groups is 1. The molecule has 4 rings (SSSR count). The van der Waals surface area contributed by atoms with Gasteiger partial charge in [-0.15, -0.1) is 0 Å². The van der Waals surface area contributed by atoms with Gasteiger partial charge in [-0.3, -0.25) is 4.79 Å². The first-order chi connectivity index (χ1) is 12.4. The Morgan fingerprint density at radius 1 is 1.15 bits per heavy atom. The Labute approximate surface area is 158 Å². The van der Waals surface area contributed by atoms with Gasteiger partial charge in [0.2, 0.25) is 0 Å². The molecule has 26 heavy (non-hydrogen) atoms. The molecule has 0 saturated heterocycles. The first-order valence-electron chi connectivity index (χ1n) is 10.6. The summed E-state index contributed by atoms with van der Waals surface area (Å²) in [5.41, 5.74) is 0.00801. The lowest BCUT2D eigenvalue weighted by atomic mass is 9.50. The van der Waals surface area contributed by atoms with E-state index in [4.69, 9.17) is 14.2 Å². The van der Waals surface area contributed by atoms with Crippen LogP contribution < -0.4 is 0 Å². The number of methoxy groups -OCH3 is 2. The van der Waals surface area contributed by atoms with Crippen LogP contribution in [0.25, 0.3) is 0 Å². The average molecular weight is 365 g/mol. The molecule has 8 atom stereocenters. The van der Waals surface area contributed by atoms with E-state index in [9.17, 15) is 4.79 Å². The zero-order valence-corrected chi connectivity index (χ0v) is 17.2. The number of ketones is 1. The standard InChI is InChI=1S/C22H36O4/c1-6-20(3)12-17(26-13-24-4)22-11-15(22)7-9-21(14(2)19(20)23)10-8-16(25-5)18(21)22/h14-18H,6-13H2,1-5H3/t14-,15-,16+,17+,18?,20+,21?,22-/m0/s1. The number of hydrogen-bond donors (Lipinski definition) is 0. The molecule has 1 spiro atoms. The van der Waals surface area contributed by atoms with Crippen molar-refractivity contribution in [3.05, 3.63) is 0 Å². The summed E-state index contributed by atoms with van der Waals surface area (Å²) in [6.07, 6.45) is 8.00. The lowest BCUT2D eigenvalue weighted by Crippen LogP contribution is -2.57. The van der Waals surface area contributed by atoms with Crippen molar-refractivity contribution < 1.29 is 19.0 Å². The van der Waals surface area contributed by atoms with E-state index in [1.165, 1.54) is 19.3 Å². The Hall–Kier alpha value is -0.450. The molecule has 0 heterocycles. The van der Waals surface area contributed by atoms with Crippen molar-refractivity contribution in [2.75, 3.05) is 21.0 Å². The molecule has 0 aromatic heterocycles. The molecule has 4 heteroatoms. The second-order valence-corrected chi connectivity index (χ2v) is 9.84. The maximum Gasteiger partial charge on any atom is 0.146 e. The fourth-order valence-corrected chi connectivity index (χ4v) is 7.54. The Bertz CT molecular complexity index is 576. The van der Waals surface area contributed by atoms with Gasteiger partial charge >= 0.3 is 0 Å². The maximum absolute atomic E-state index is 13.7. The predicted octanol–water partition coefficient (Wildman–Crippen LogP) is 4.21. The molecule has 4 aliphatic rings. The zero-order chi connectivity index (χ0) is 18.7. The Kier molecular flexibility index (Phi) is 4.57. The third-order valence-electron chi connectivity index (χ3n) is 9.18. The van der Waals surface area contributed by atoms with E-state index in [0.717, 1.165) is 31.6 Å². The largest absolute Gasteiger partial charge is 0.381 e. The topological polar surface area (TPSA) is 44.8 Å². The average Bonchev–Trinajstić information content (AvgIpc) is 3.28. The summed E-state index contributed by atoms with van der Waals surface area (Å²) >= 11 is 0. The van der Waals surface area contributed by atoms with Crippen LogP contribution in [0, 0.1) is 34.0 Å². The summed E-state index contributed by atoms with van der Waals surface area (Å²) in [4.78, 5) is 13.7. The Balaban J connectivity index is 1.83. The molecule has 0 amide bonds. The van der Waals surface area contributed by atoms with Gasteiger partial charge in [0.1, 0.15) is 12.6 Å². The van der Waals surface area contributed by atoms with E-state index in [-0.39, 0.29) is 34.4 Å². The number of Topliss-reactive ketones (excluding diaryl/α,β-unsaturated/α-hetero) is 1. The van der Waals surface area contributed by atoms with Crippen molar-refractivity contribution in [3.63, 3.8) is 0 Å². The van der Waals surface area contributed by atoms with E-state index in [1.54, 1.807) is 7.11 Å². The van der Waals surface area contributed by atoms with Crippen molar-refractivity contribution in [1.82, 2.24) is 0 Å². The molecular formula is C22H36O4. The number of carbonyl (C=O) groups excluding carboxylic acids is 1. The van der Waals surface area contributed by atoms with E-state index < -0.39 is 0 Å². The predicted molar refractivity (Wildman–Crippen MR) is 99.7 cm³/mol. The fraction of sp³-hybridized carbons (Fsp3) is 0.955. The number of hydrogen-bond acceptors (Lipinski definition) is 4. The highest BCUT2D eigenvalue weighted by molar-refractivity contribution is 5.87. The van der Waals surface area contributed by atoms with Crippen LogP contribution in [0.1, 0.15) is 65.7 Å². The van der Waals surface area contributed by atoms with Gasteiger partial charge in [-0.1, -0.05) is 20.8 Å². The van der Waals surface area contributed by atoms with Gasteiger partial charge in [-0.05, 0) is 62.2 Å². The summed E-state index contributed by atoms with van der Waals surface area (Å²) in [7, 11) is 3.55. The summed E-state index contributed by atoms with van der Waals surface area (Å²) in [6.45, 7) is 6.89. The third-order valence-corrected chi connectivity index (χ3v) is 9.18. The lowest BCUT2D eigenvalue weighted by Gasteiger charge is -2.55. The second-order valence-electron chi connectivity index (χ2n) is 9.84. The van der Waals surface area contributed by atoms with Crippen LogP contribution in [0.3, 0.4) is 0 Å². The lowest BCUT2D eigenvalue weighted by molar-refractivity contribution is -0.182. The minimum absolute atomic E-state index is 0.106. The molecular weight excluding hydrogens is 328 g/mol. The first kappa shape index (κ1) is 18.9. The Morgan fingerprint density at radius 2 is 1.88 bits per heavy atom. The van der Waals surface area contributed by atoms with Crippen LogP contribution in [0.5, 0.6) is 0 Å². The van der Waals surface area contributed by atoms with Crippen molar-refractivity contribution in [1.29, 1.82) is 0 Å².